The van der Waals surface area contributed by atoms with Crippen molar-refractivity contribution in [1.82, 2.24) is 5.32 Å². The van der Waals surface area contributed by atoms with E-state index in [4.69, 9.17) is 14.2 Å². The van der Waals surface area contributed by atoms with Gasteiger partial charge in [-0.25, -0.2) is 0 Å². The molecule has 96 valence electrons. The van der Waals surface area contributed by atoms with E-state index in [0.29, 0.717) is 12.4 Å². The van der Waals surface area contributed by atoms with E-state index in [1.165, 1.54) is 0 Å². The Morgan fingerprint density at radius 1 is 1.29 bits per heavy atom. The van der Waals surface area contributed by atoms with Gasteiger partial charge in [0.25, 0.3) is 0 Å². The minimum atomic E-state index is 0.244. The minimum absolute atomic E-state index is 0.244. The highest BCUT2D eigenvalue weighted by molar-refractivity contribution is 5.43. The summed E-state index contributed by atoms with van der Waals surface area (Å²) in [6, 6.07) is 6.18. The van der Waals surface area contributed by atoms with Gasteiger partial charge in [-0.1, -0.05) is 6.07 Å². The molecule has 4 nitrogen and oxygen atoms in total. The topological polar surface area (TPSA) is 39.7 Å². The summed E-state index contributed by atoms with van der Waals surface area (Å²) >= 11 is 0. The first-order valence-corrected chi connectivity index (χ1v) is 5.78. The summed E-state index contributed by atoms with van der Waals surface area (Å²) in [4.78, 5) is 0. The van der Waals surface area contributed by atoms with Crippen molar-refractivity contribution in [3.8, 4) is 11.5 Å². The van der Waals surface area contributed by atoms with Crippen molar-refractivity contribution in [2.24, 2.45) is 0 Å². The fourth-order valence-corrected chi connectivity index (χ4v) is 1.43. The molecule has 0 fully saturated rings. The number of rotatable bonds is 7. The molecule has 1 aromatic carbocycles. The molecule has 17 heavy (non-hydrogen) atoms. The number of hydrogen-bond acceptors (Lipinski definition) is 4. The van der Waals surface area contributed by atoms with E-state index in [-0.39, 0.29) is 12.8 Å². The lowest BCUT2D eigenvalue weighted by atomic mass is 10.1. The summed E-state index contributed by atoms with van der Waals surface area (Å²) in [7, 11) is 3.56. The van der Waals surface area contributed by atoms with Gasteiger partial charge in [-0.2, -0.15) is 0 Å². The van der Waals surface area contributed by atoms with Crippen molar-refractivity contribution >= 4 is 0 Å². The van der Waals surface area contributed by atoms with Gasteiger partial charge in [0.2, 0.25) is 0 Å². The van der Waals surface area contributed by atoms with Crippen LogP contribution in [0.25, 0.3) is 0 Å². The molecule has 1 aromatic rings. The molecule has 0 aliphatic rings. The third-order valence-electron chi connectivity index (χ3n) is 2.62. The molecule has 1 unspecified atom stereocenters. The van der Waals surface area contributed by atoms with Crippen molar-refractivity contribution < 1.29 is 14.2 Å². The molecule has 4 heteroatoms. The van der Waals surface area contributed by atoms with Crippen LogP contribution in [0.2, 0.25) is 0 Å². The normalized spacial score (nSPS) is 12.2. The van der Waals surface area contributed by atoms with E-state index < -0.39 is 0 Å². The van der Waals surface area contributed by atoms with E-state index in [1.54, 1.807) is 7.11 Å². The average Bonchev–Trinajstić information content (AvgIpc) is 2.38. The fraction of sp³-hybridized carbons (Fsp3) is 0.538. The van der Waals surface area contributed by atoms with Crippen LogP contribution in [0, 0.1) is 0 Å². The van der Waals surface area contributed by atoms with E-state index in [0.717, 1.165) is 11.3 Å². The number of ether oxygens (including phenoxy) is 3. The Morgan fingerprint density at radius 2 is 2.06 bits per heavy atom. The van der Waals surface area contributed by atoms with Crippen LogP contribution in [0.15, 0.2) is 18.2 Å². The highest BCUT2D eigenvalue weighted by Crippen LogP contribution is 2.30. The predicted octanol–water partition coefficient (Wildman–Crippen LogP) is 2.35. The Kier molecular flexibility index (Phi) is 5.80. The Labute approximate surface area is 103 Å². The third kappa shape index (κ3) is 3.91. The molecule has 0 aromatic heterocycles. The zero-order valence-corrected chi connectivity index (χ0v) is 10.9. The monoisotopic (exact) mass is 239 g/mol. The molecular weight excluding hydrogens is 218 g/mol. The first-order chi connectivity index (χ1) is 8.22. The molecule has 0 aliphatic heterocycles. The van der Waals surface area contributed by atoms with Crippen LogP contribution in [0.1, 0.15) is 25.5 Å². The maximum Gasteiger partial charge on any atom is 0.189 e. The Bertz CT molecular complexity index is 341. The molecule has 0 heterocycles. The second kappa shape index (κ2) is 7.14. The molecular formula is C13H21NO3. The van der Waals surface area contributed by atoms with Crippen molar-refractivity contribution in [2.45, 2.75) is 19.9 Å². The van der Waals surface area contributed by atoms with Crippen LogP contribution in [-0.4, -0.2) is 27.6 Å². The van der Waals surface area contributed by atoms with Crippen LogP contribution in [0.4, 0.5) is 0 Å². The first kappa shape index (κ1) is 13.8. The van der Waals surface area contributed by atoms with Crippen molar-refractivity contribution in [3.63, 3.8) is 0 Å². The standard InChI is InChI=1S/C13H21NO3/c1-5-16-9-17-12-7-6-11(10(2)14-3)8-13(12)15-4/h6-8,10,14H,5,9H2,1-4H3. The van der Waals surface area contributed by atoms with Crippen molar-refractivity contribution in [2.75, 3.05) is 27.6 Å². The summed E-state index contributed by atoms with van der Waals surface area (Å²) in [6.07, 6.45) is 0. The number of methoxy groups -OCH3 is 1. The number of nitrogens with one attached hydrogen (secondary N) is 1. The number of hydrogen-bond donors (Lipinski definition) is 1. The van der Waals surface area contributed by atoms with Gasteiger partial charge in [-0.3, -0.25) is 0 Å². The summed E-state index contributed by atoms with van der Waals surface area (Å²) in [6.45, 7) is 4.90. The van der Waals surface area contributed by atoms with E-state index >= 15 is 0 Å². The summed E-state index contributed by atoms with van der Waals surface area (Å²) in [5.41, 5.74) is 1.16. The zero-order valence-electron chi connectivity index (χ0n) is 10.9. The molecule has 0 saturated carbocycles. The van der Waals surface area contributed by atoms with Gasteiger partial charge >= 0.3 is 0 Å². The molecule has 0 saturated heterocycles. The van der Waals surface area contributed by atoms with E-state index in [1.807, 2.05) is 32.2 Å². The van der Waals surface area contributed by atoms with Crippen molar-refractivity contribution in [3.05, 3.63) is 23.8 Å². The van der Waals surface area contributed by atoms with Gasteiger partial charge in [0.1, 0.15) is 0 Å². The van der Waals surface area contributed by atoms with Crippen LogP contribution >= 0.6 is 0 Å². The van der Waals surface area contributed by atoms with Gasteiger partial charge < -0.3 is 19.5 Å². The smallest absolute Gasteiger partial charge is 0.189 e. The second-order valence-corrected chi connectivity index (χ2v) is 3.68. The van der Waals surface area contributed by atoms with Crippen LogP contribution in [0.5, 0.6) is 11.5 Å². The van der Waals surface area contributed by atoms with Crippen LogP contribution in [0.3, 0.4) is 0 Å². The summed E-state index contributed by atoms with van der Waals surface area (Å²) in [5, 5.41) is 3.18. The van der Waals surface area contributed by atoms with Gasteiger partial charge in [0, 0.05) is 12.6 Å². The Hall–Kier alpha value is -1.26. The third-order valence-corrected chi connectivity index (χ3v) is 2.62. The minimum Gasteiger partial charge on any atom is -0.493 e. The Morgan fingerprint density at radius 3 is 2.65 bits per heavy atom. The zero-order chi connectivity index (χ0) is 12.7. The maximum absolute atomic E-state index is 5.47. The van der Waals surface area contributed by atoms with Gasteiger partial charge in [0.05, 0.1) is 7.11 Å². The fourth-order valence-electron chi connectivity index (χ4n) is 1.43. The van der Waals surface area contributed by atoms with Crippen molar-refractivity contribution in [1.29, 1.82) is 0 Å². The molecule has 1 N–H and O–H groups in total. The SMILES string of the molecule is CCOCOc1ccc(C(C)NC)cc1OC. The maximum atomic E-state index is 5.47. The average molecular weight is 239 g/mol. The first-order valence-electron chi connectivity index (χ1n) is 5.78. The Balaban J connectivity index is 2.78. The molecule has 0 bridgehead atoms. The van der Waals surface area contributed by atoms with Gasteiger partial charge in [0.15, 0.2) is 18.3 Å². The summed E-state index contributed by atoms with van der Waals surface area (Å²) in [5.74, 6) is 1.43. The predicted molar refractivity (Wildman–Crippen MR) is 67.6 cm³/mol. The van der Waals surface area contributed by atoms with E-state index in [2.05, 4.69) is 12.2 Å². The quantitative estimate of drug-likeness (QED) is 0.585. The van der Waals surface area contributed by atoms with Gasteiger partial charge in [-0.05, 0) is 38.6 Å². The van der Waals surface area contributed by atoms with E-state index in [9.17, 15) is 0 Å². The molecule has 0 radical (unpaired) electrons. The second-order valence-electron chi connectivity index (χ2n) is 3.68. The summed E-state index contributed by atoms with van der Waals surface area (Å²) < 4.78 is 15.9. The molecule has 0 spiro atoms. The molecule has 1 atom stereocenters. The highest BCUT2D eigenvalue weighted by Gasteiger charge is 2.09. The molecule has 1 rings (SSSR count). The van der Waals surface area contributed by atoms with Crippen LogP contribution < -0.4 is 14.8 Å². The highest BCUT2D eigenvalue weighted by atomic mass is 16.7. The molecule has 0 aliphatic carbocycles. The van der Waals surface area contributed by atoms with Crippen LogP contribution in [-0.2, 0) is 4.74 Å². The van der Waals surface area contributed by atoms with Gasteiger partial charge in [-0.15, -0.1) is 0 Å². The molecule has 0 amide bonds. The largest absolute Gasteiger partial charge is 0.493 e. The lowest BCUT2D eigenvalue weighted by molar-refractivity contribution is 0.0209. The lowest BCUT2D eigenvalue weighted by Crippen LogP contribution is -2.12. The lowest BCUT2D eigenvalue weighted by Gasteiger charge is -2.15. The number of benzene rings is 1.